The number of aryl methyl sites for hydroxylation is 2. The predicted octanol–water partition coefficient (Wildman–Crippen LogP) is 4.29. The molecule has 0 radical (unpaired) electrons. The maximum atomic E-state index is 12.8. The minimum Gasteiger partial charge on any atom is -0.462 e. The topological polar surface area (TPSA) is 68.2 Å². The zero-order valence-corrected chi connectivity index (χ0v) is 18.6. The summed E-state index contributed by atoms with van der Waals surface area (Å²) in [5.41, 5.74) is 4.07. The average Bonchev–Trinajstić information content (AvgIpc) is 3.26. The van der Waals surface area contributed by atoms with E-state index >= 15 is 0 Å². The highest BCUT2D eigenvalue weighted by atomic mass is 16.6. The van der Waals surface area contributed by atoms with Crippen LogP contribution in [0, 0.1) is 13.8 Å². The van der Waals surface area contributed by atoms with Gasteiger partial charge >= 0.3 is 5.97 Å². The SMILES string of the molecule is Cc1cc(C)c2c(c1)CC(=N/OCC(=O)N1CCCC1)/C=C/CC/C=C/CCOC2=O. The zero-order chi connectivity index (χ0) is 22.1. The number of fused-ring (bicyclic) bond motifs is 1. The van der Waals surface area contributed by atoms with Crippen molar-refractivity contribution in [2.24, 2.45) is 5.16 Å². The minimum absolute atomic E-state index is 0.0347. The second-order valence-corrected chi connectivity index (χ2v) is 8.11. The van der Waals surface area contributed by atoms with Gasteiger partial charge in [0.1, 0.15) is 0 Å². The molecule has 1 aromatic rings. The molecule has 6 nitrogen and oxygen atoms in total. The minimum atomic E-state index is -0.314. The lowest BCUT2D eigenvalue weighted by atomic mass is 9.95. The van der Waals surface area contributed by atoms with Gasteiger partial charge in [0.15, 0.2) is 6.61 Å². The van der Waals surface area contributed by atoms with Crippen molar-refractivity contribution in [1.82, 2.24) is 4.90 Å². The Morgan fingerprint density at radius 2 is 1.84 bits per heavy atom. The fraction of sp³-hybridized carbons (Fsp3) is 0.480. The lowest BCUT2D eigenvalue weighted by molar-refractivity contribution is -0.135. The Hall–Kier alpha value is -2.89. The van der Waals surface area contributed by atoms with E-state index < -0.39 is 0 Å². The van der Waals surface area contributed by atoms with E-state index in [1.807, 2.05) is 43.0 Å². The Kier molecular flexibility index (Phi) is 8.44. The third-order valence-electron chi connectivity index (χ3n) is 5.46. The molecule has 0 bridgehead atoms. The number of esters is 1. The van der Waals surface area contributed by atoms with Crippen molar-refractivity contribution < 1.29 is 19.2 Å². The third-order valence-corrected chi connectivity index (χ3v) is 5.46. The van der Waals surface area contributed by atoms with E-state index in [1.54, 1.807) is 0 Å². The molecular formula is C25H32N2O4. The van der Waals surface area contributed by atoms with Gasteiger partial charge in [0, 0.05) is 19.5 Å². The van der Waals surface area contributed by atoms with Crippen LogP contribution in [-0.2, 0) is 20.8 Å². The van der Waals surface area contributed by atoms with E-state index in [4.69, 9.17) is 9.57 Å². The highest BCUT2D eigenvalue weighted by Crippen LogP contribution is 2.20. The molecule has 0 spiro atoms. The van der Waals surface area contributed by atoms with Crippen molar-refractivity contribution >= 4 is 17.6 Å². The Balaban J connectivity index is 1.82. The zero-order valence-electron chi connectivity index (χ0n) is 18.6. The second-order valence-electron chi connectivity index (χ2n) is 8.11. The van der Waals surface area contributed by atoms with E-state index in [2.05, 4.69) is 17.3 Å². The molecule has 3 rings (SSSR count). The van der Waals surface area contributed by atoms with Crippen molar-refractivity contribution in [2.45, 2.75) is 52.4 Å². The largest absolute Gasteiger partial charge is 0.462 e. The van der Waals surface area contributed by atoms with E-state index in [0.29, 0.717) is 30.7 Å². The van der Waals surface area contributed by atoms with Crippen molar-refractivity contribution in [1.29, 1.82) is 0 Å². The van der Waals surface area contributed by atoms with Gasteiger partial charge in [-0.15, -0.1) is 0 Å². The highest BCUT2D eigenvalue weighted by Gasteiger charge is 2.19. The molecule has 31 heavy (non-hydrogen) atoms. The van der Waals surface area contributed by atoms with Gasteiger partial charge in [-0.3, -0.25) is 4.79 Å². The van der Waals surface area contributed by atoms with Gasteiger partial charge in [-0.05, 0) is 63.2 Å². The average molecular weight is 425 g/mol. The van der Waals surface area contributed by atoms with Crippen LogP contribution >= 0.6 is 0 Å². The molecule has 1 aromatic carbocycles. The number of likely N-dealkylation sites (tertiary alicyclic amines) is 1. The summed E-state index contributed by atoms with van der Waals surface area (Å²) >= 11 is 0. The monoisotopic (exact) mass is 424 g/mol. The van der Waals surface area contributed by atoms with Crippen LogP contribution in [0.5, 0.6) is 0 Å². The first-order valence-corrected chi connectivity index (χ1v) is 11.1. The van der Waals surface area contributed by atoms with Crippen LogP contribution in [0.4, 0.5) is 0 Å². The molecule has 2 heterocycles. The van der Waals surface area contributed by atoms with Crippen LogP contribution in [0.15, 0.2) is 41.6 Å². The molecule has 2 aliphatic rings. The summed E-state index contributed by atoms with van der Waals surface area (Å²) in [6, 6.07) is 3.98. The number of hydrogen-bond donors (Lipinski definition) is 0. The number of rotatable bonds is 3. The summed E-state index contributed by atoms with van der Waals surface area (Å²) in [6.07, 6.45) is 13.1. The molecule has 2 aliphatic heterocycles. The van der Waals surface area contributed by atoms with E-state index in [1.165, 1.54) is 0 Å². The van der Waals surface area contributed by atoms with Crippen LogP contribution in [0.3, 0.4) is 0 Å². The van der Waals surface area contributed by atoms with Crippen molar-refractivity contribution in [3.8, 4) is 0 Å². The van der Waals surface area contributed by atoms with Crippen molar-refractivity contribution in [3.05, 3.63) is 58.7 Å². The first-order valence-electron chi connectivity index (χ1n) is 11.1. The number of hydrogen-bond acceptors (Lipinski definition) is 5. The third kappa shape index (κ3) is 6.81. The molecule has 6 heteroatoms. The Bertz CT molecular complexity index is 880. The molecule has 166 valence electrons. The lowest BCUT2D eigenvalue weighted by Crippen LogP contribution is -2.30. The van der Waals surface area contributed by atoms with E-state index in [9.17, 15) is 9.59 Å². The van der Waals surface area contributed by atoms with Crippen LogP contribution < -0.4 is 0 Å². The predicted molar refractivity (Wildman–Crippen MR) is 121 cm³/mol. The number of cyclic esters (lactones) is 1. The van der Waals surface area contributed by atoms with Gasteiger partial charge < -0.3 is 14.5 Å². The highest BCUT2D eigenvalue weighted by molar-refractivity contribution is 6.00. The van der Waals surface area contributed by atoms with Crippen LogP contribution in [-0.4, -0.2) is 48.8 Å². The number of ether oxygens (including phenoxy) is 1. The quantitative estimate of drug-likeness (QED) is 0.412. The normalized spacial score (nSPS) is 21.2. The summed E-state index contributed by atoms with van der Waals surface area (Å²) in [5, 5.41) is 4.26. The first-order chi connectivity index (χ1) is 15.0. The fourth-order valence-corrected chi connectivity index (χ4v) is 3.97. The van der Waals surface area contributed by atoms with Gasteiger partial charge in [0.05, 0.1) is 17.9 Å². The van der Waals surface area contributed by atoms with Gasteiger partial charge in [0.25, 0.3) is 5.91 Å². The van der Waals surface area contributed by atoms with Gasteiger partial charge in [0.2, 0.25) is 0 Å². The lowest BCUT2D eigenvalue weighted by Gasteiger charge is -2.15. The summed E-state index contributed by atoms with van der Waals surface area (Å²) < 4.78 is 5.51. The molecule has 0 saturated carbocycles. The number of oxime groups is 1. The van der Waals surface area contributed by atoms with Gasteiger partial charge in [-0.1, -0.05) is 41.1 Å². The maximum Gasteiger partial charge on any atom is 0.338 e. The first kappa shape index (κ1) is 22.8. The molecule has 1 fully saturated rings. The second kappa shape index (κ2) is 11.5. The van der Waals surface area contributed by atoms with E-state index in [-0.39, 0.29) is 18.5 Å². The number of amides is 1. The van der Waals surface area contributed by atoms with Gasteiger partial charge in [-0.25, -0.2) is 4.79 Å². The van der Waals surface area contributed by atoms with Crippen molar-refractivity contribution in [3.63, 3.8) is 0 Å². The summed E-state index contributed by atoms with van der Waals surface area (Å²) in [5.74, 6) is -0.348. The molecule has 0 aromatic heterocycles. The van der Waals surface area contributed by atoms with E-state index in [0.717, 1.165) is 55.5 Å². The maximum absolute atomic E-state index is 12.8. The Morgan fingerprint density at radius 1 is 1.10 bits per heavy atom. The molecule has 1 amide bonds. The number of carbonyl (C=O) groups is 2. The van der Waals surface area contributed by atoms with Crippen LogP contribution in [0.25, 0.3) is 0 Å². The summed E-state index contributed by atoms with van der Waals surface area (Å²) in [7, 11) is 0. The number of benzene rings is 1. The molecule has 1 saturated heterocycles. The summed E-state index contributed by atoms with van der Waals surface area (Å²) in [6.45, 7) is 5.81. The fourth-order valence-electron chi connectivity index (χ4n) is 3.97. The number of allylic oxidation sites excluding steroid dienone is 3. The van der Waals surface area contributed by atoms with Crippen LogP contribution in [0.2, 0.25) is 0 Å². The standard InChI is InChI=1S/C25H32N2O4/c1-19-15-20(2)24-21(16-19)17-22(26-31-18-23(28)27-12-8-9-13-27)11-7-5-3-4-6-10-14-30-25(24)29/h4,6-7,11,15-16H,3,5,8-10,12-14,17-18H2,1-2H3/b6-4+,11-7+,26-22+. The molecule has 0 atom stereocenters. The Morgan fingerprint density at radius 3 is 2.65 bits per heavy atom. The van der Waals surface area contributed by atoms with Crippen LogP contribution in [0.1, 0.15) is 59.2 Å². The Labute approximate surface area is 184 Å². The molecular weight excluding hydrogens is 392 g/mol. The smallest absolute Gasteiger partial charge is 0.338 e. The van der Waals surface area contributed by atoms with Crippen molar-refractivity contribution in [2.75, 3.05) is 26.3 Å². The molecule has 0 aliphatic carbocycles. The number of nitrogens with zero attached hydrogens (tertiary/aromatic N) is 2. The van der Waals surface area contributed by atoms with Gasteiger partial charge in [-0.2, -0.15) is 0 Å². The summed E-state index contributed by atoms with van der Waals surface area (Å²) in [4.78, 5) is 32.3. The molecule has 0 unspecified atom stereocenters. The number of carbonyl (C=O) groups excluding carboxylic acids is 2. The molecule has 0 N–H and O–H groups in total.